The lowest BCUT2D eigenvalue weighted by molar-refractivity contribution is 0.200. The zero-order valence-corrected chi connectivity index (χ0v) is 11.0. The van der Waals surface area contributed by atoms with Crippen LogP contribution in [0.25, 0.3) is 0 Å². The highest BCUT2D eigenvalue weighted by Gasteiger charge is 2.07. The SMILES string of the molecule is COCCCSc1cc(C)ccc1/C(N)=N/O. The summed E-state index contributed by atoms with van der Waals surface area (Å²) in [5.74, 6) is 1.10. The molecule has 0 saturated heterocycles. The first-order chi connectivity index (χ1) is 8.19. The van der Waals surface area contributed by atoms with E-state index in [9.17, 15) is 0 Å². The molecule has 0 aliphatic heterocycles. The van der Waals surface area contributed by atoms with Crippen LogP contribution >= 0.6 is 11.8 Å². The number of hydrogen-bond acceptors (Lipinski definition) is 4. The van der Waals surface area contributed by atoms with Crippen molar-refractivity contribution in [1.29, 1.82) is 0 Å². The number of ether oxygens (including phenoxy) is 1. The average molecular weight is 254 g/mol. The highest BCUT2D eigenvalue weighted by molar-refractivity contribution is 7.99. The van der Waals surface area contributed by atoms with Crippen molar-refractivity contribution in [3.63, 3.8) is 0 Å². The molecule has 0 spiro atoms. The summed E-state index contributed by atoms with van der Waals surface area (Å²) < 4.78 is 5.00. The van der Waals surface area contributed by atoms with E-state index in [1.165, 1.54) is 0 Å². The molecule has 4 nitrogen and oxygen atoms in total. The lowest BCUT2D eigenvalue weighted by Gasteiger charge is -2.08. The monoisotopic (exact) mass is 254 g/mol. The molecule has 0 unspecified atom stereocenters. The fraction of sp³-hybridized carbons (Fsp3) is 0.417. The van der Waals surface area contributed by atoms with Crippen molar-refractivity contribution in [2.45, 2.75) is 18.2 Å². The third-order valence-corrected chi connectivity index (χ3v) is 3.41. The highest BCUT2D eigenvalue weighted by Crippen LogP contribution is 2.24. The molecule has 3 N–H and O–H groups in total. The molecule has 0 amide bonds. The summed E-state index contributed by atoms with van der Waals surface area (Å²) in [4.78, 5) is 1.04. The molecule has 0 aliphatic rings. The van der Waals surface area contributed by atoms with Gasteiger partial charge in [0.05, 0.1) is 0 Å². The average Bonchev–Trinajstić information content (AvgIpc) is 2.34. The summed E-state index contributed by atoms with van der Waals surface area (Å²) in [6.45, 7) is 2.77. The fourth-order valence-electron chi connectivity index (χ4n) is 1.40. The maximum Gasteiger partial charge on any atom is 0.171 e. The van der Waals surface area contributed by atoms with Gasteiger partial charge >= 0.3 is 0 Å². The number of rotatable bonds is 6. The minimum atomic E-state index is 0.152. The minimum Gasteiger partial charge on any atom is -0.409 e. The predicted octanol–water partition coefficient (Wildman–Crippen LogP) is 2.22. The van der Waals surface area contributed by atoms with Gasteiger partial charge in [-0.15, -0.1) is 11.8 Å². The van der Waals surface area contributed by atoms with E-state index in [2.05, 4.69) is 5.16 Å². The molecule has 1 aromatic carbocycles. The van der Waals surface area contributed by atoms with Crippen molar-refractivity contribution in [3.8, 4) is 0 Å². The van der Waals surface area contributed by atoms with Crippen LogP contribution in [-0.2, 0) is 4.74 Å². The Morgan fingerprint density at radius 2 is 2.29 bits per heavy atom. The zero-order chi connectivity index (χ0) is 12.7. The number of amidine groups is 1. The van der Waals surface area contributed by atoms with E-state index in [1.54, 1.807) is 18.9 Å². The Morgan fingerprint density at radius 1 is 1.53 bits per heavy atom. The molecule has 0 aliphatic carbocycles. The Hall–Kier alpha value is -1.20. The molecule has 0 fully saturated rings. The second-order valence-corrected chi connectivity index (χ2v) is 4.82. The van der Waals surface area contributed by atoms with E-state index in [-0.39, 0.29) is 5.84 Å². The number of nitrogens with zero attached hydrogens (tertiary/aromatic N) is 1. The van der Waals surface area contributed by atoms with E-state index < -0.39 is 0 Å². The molecule has 0 atom stereocenters. The van der Waals surface area contributed by atoms with Gasteiger partial charge in [0, 0.05) is 29.9 Å². The zero-order valence-electron chi connectivity index (χ0n) is 10.1. The van der Waals surface area contributed by atoms with Crippen LogP contribution in [0.4, 0.5) is 0 Å². The van der Waals surface area contributed by atoms with Gasteiger partial charge in [0.2, 0.25) is 0 Å². The van der Waals surface area contributed by atoms with Gasteiger partial charge in [-0.05, 0) is 31.0 Å². The van der Waals surface area contributed by atoms with Crippen LogP contribution in [0.3, 0.4) is 0 Å². The Kier molecular flexibility index (Phi) is 5.86. The Labute approximate surface area is 106 Å². The number of benzene rings is 1. The van der Waals surface area contributed by atoms with E-state index in [4.69, 9.17) is 15.7 Å². The first-order valence-corrected chi connectivity index (χ1v) is 6.38. The van der Waals surface area contributed by atoms with Crippen molar-refractivity contribution in [1.82, 2.24) is 0 Å². The fourth-order valence-corrected chi connectivity index (χ4v) is 2.48. The summed E-state index contributed by atoms with van der Waals surface area (Å²) in [5.41, 5.74) is 7.58. The molecule has 5 heteroatoms. The lowest BCUT2D eigenvalue weighted by atomic mass is 10.1. The summed E-state index contributed by atoms with van der Waals surface area (Å²) >= 11 is 1.69. The summed E-state index contributed by atoms with van der Waals surface area (Å²) in [6.07, 6.45) is 0.977. The number of aryl methyl sites for hydroxylation is 1. The molecule has 1 rings (SSSR count). The van der Waals surface area contributed by atoms with Crippen LogP contribution in [0.2, 0.25) is 0 Å². The van der Waals surface area contributed by atoms with Gasteiger partial charge in [0.25, 0.3) is 0 Å². The quantitative estimate of drug-likeness (QED) is 0.204. The molecule has 0 saturated carbocycles. The molecule has 1 aromatic rings. The molecule has 0 aromatic heterocycles. The molecule has 0 bridgehead atoms. The van der Waals surface area contributed by atoms with Crippen LogP contribution < -0.4 is 5.73 Å². The van der Waals surface area contributed by atoms with E-state index >= 15 is 0 Å². The van der Waals surface area contributed by atoms with Gasteiger partial charge in [-0.2, -0.15) is 0 Å². The van der Waals surface area contributed by atoms with Crippen molar-refractivity contribution in [2.24, 2.45) is 10.9 Å². The van der Waals surface area contributed by atoms with Gasteiger partial charge in [0.1, 0.15) is 0 Å². The van der Waals surface area contributed by atoms with Gasteiger partial charge in [-0.3, -0.25) is 0 Å². The van der Waals surface area contributed by atoms with Crippen molar-refractivity contribution in [3.05, 3.63) is 29.3 Å². The molecular formula is C12H18N2O2S. The number of methoxy groups -OCH3 is 1. The largest absolute Gasteiger partial charge is 0.409 e. The Bertz CT molecular complexity index is 394. The normalized spacial score (nSPS) is 11.8. The number of nitrogens with two attached hydrogens (primary N) is 1. The first kappa shape index (κ1) is 13.9. The van der Waals surface area contributed by atoms with E-state index in [0.717, 1.165) is 34.8 Å². The molecule has 94 valence electrons. The molecular weight excluding hydrogens is 236 g/mol. The maximum absolute atomic E-state index is 8.73. The van der Waals surface area contributed by atoms with Crippen molar-refractivity contribution >= 4 is 17.6 Å². The second kappa shape index (κ2) is 7.19. The van der Waals surface area contributed by atoms with Crippen molar-refractivity contribution in [2.75, 3.05) is 19.5 Å². The Morgan fingerprint density at radius 3 is 2.94 bits per heavy atom. The second-order valence-electron chi connectivity index (χ2n) is 3.68. The summed E-state index contributed by atoms with van der Waals surface area (Å²) in [7, 11) is 1.69. The predicted molar refractivity (Wildman–Crippen MR) is 70.9 cm³/mol. The first-order valence-electron chi connectivity index (χ1n) is 5.39. The van der Waals surface area contributed by atoms with Crippen LogP contribution in [0.1, 0.15) is 17.5 Å². The topological polar surface area (TPSA) is 67.8 Å². The standard InChI is InChI=1S/C12H18N2O2S/c1-9-4-5-10(12(13)14-15)11(8-9)17-7-3-6-16-2/h4-5,8,15H,3,6-7H2,1-2H3,(H2,13,14). The summed E-state index contributed by atoms with van der Waals surface area (Å²) in [5, 5.41) is 11.8. The van der Waals surface area contributed by atoms with Crippen LogP contribution in [-0.4, -0.2) is 30.5 Å². The Balaban J connectivity index is 2.77. The van der Waals surface area contributed by atoms with Crippen molar-refractivity contribution < 1.29 is 9.94 Å². The third-order valence-electron chi connectivity index (χ3n) is 2.27. The molecule has 17 heavy (non-hydrogen) atoms. The van der Waals surface area contributed by atoms with Crippen LogP contribution in [0.15, 0.2) is 28.3 Å². The van der Waals surface area contributed by atoms with Gasteiger partial charge < -0.3 is 15.7 Å². The maximum atomic E-state index is 8.73. The third kappa shape index (κ3) is 4.28. The van der Waals surface area contributed by atoms with E-state index in [0.29, 0.717) is 0 Å². The number of thioether (sulfide) groups is 1. The van der Waals surface area contributed by atoms with E-state index in [1.807, 2.05) is 25.1 Å². The molecule has 0 heterocycles. The van der Waals surface area contributed by atoms with Gasteiger partial charge in [-0.1, -0.05) is 11.2 Å². The molecule has 0 radical (unpaired) electrons. The lowest BCUT2D eigenvalue weighted by Crippen LogP contribution is -2.14. The van der Waals surface area contributed by atoms with Gasteiger partial charge in [0.15, 0.2) is 5.84 Å². The smallest absolute Gasteiger partial charge is 0.171 e. The van der Waals surface area contributed by atoms with Gasteiger partial charge in [-0.25, -0.2) is 0 Å². The number of oxime groups is 1. The van der Waals surface area contributed by atoms with Crippen LogP contribution in [0.5, 0.6) is 0 Å². The highest BCUT2D eigenvalue weighted by atomic mass is 32.2. The summed E-state index contributed by atoms with van der Waals surface area (Å²) in [6, 6.07) is 5.88. The minimum absolute atomic E-state index is 0.152. The van der Waals surface area contributed by atoms with Crippen LogP contribution in [0, 0.1) is 6.92 Å². The number of hydrogen-bond donors (Lipinski definition) is 2.